The van der Waals surface area contributed by atoms with Crippen LogP contribution in [0.2, 0.25) is 0 Å². The zero-order chi connectivity index (χ0) is 7.68. The second kappa shape index (κ2) is 3.09. The molecule has 2 fully saturated rings. The Morgan fingerprint density at radius 1 is 1.55 bits per heavy atom. The molecule has 0 amide bonds. The molecular formula is C8H15NO2. The Labute approximate surface area is 66.9 Å². The SMILES string of the molecule is OC[C@@H]1CCCN1CC1CO1. The minimum Gasteiger partial charge on any atom is -0.395 e. The van der Waals surface area contributed by atoms with E-state index in [9.17, 15) is 0 Å². The molecule has 2 aliphatic heterocycles. The molecule has 0 spiro atoms. The summed E-state index contributed by atoms with van der Waals surface area (Å²) >= 11 is 0. The maximum absolute atomic E-state index is 8.99. The van der Waals surface area contributed by atoms with Gasteiger partial charge < -0.3 is 9.84 Å². The Morgan fingerprint density at radius 2 is 2.36 bits per heavy atom. The average molecular weight is 157 g/mol. The topological polar surface area (TPSA) is 36.0 Å². The first kappa shape index (κ1) is 7.53. The van der Waals surface area contributed by atoms with Gasteiger partial charge in [-0.25, -0.2) is 0 Å². The molecule has 2 aliphatic rings. The highest BCUT2D eigenvalue weighted by Gasteiger charge is 2.31. The summed E-state index contributed by atoms with van der Waals surface area (Å²) in [6.45, 7) is 3.41. The molecule has 2 heterocycles. The van der Waals surface area contributed by atoms with Crippen LogP contribution in [0.4, 0.5) is 0 Å². The highest BCUT2D eigenvalue weighted by Crippen LogP contribution is 2.20. The zero-order valence-corrected chi connectivity index (χ0v) is 6.70. The van der Waals surface area contributed by atoms with E-state index < -0.39 is 0 Å². The van der Waals surface area contributed by atoms with Crippen LogP contribution in [-0.2, 0) is 4.74 Å². The molecule has 0 aliphatic carbocycles. The van der Waals surface area contributed by atoms with Crippen molar-refractivity contribution in [1.29, 1.82) is 0 Å². The van der Waals surface area contributed by atoms with Gasteiger partial charge in [-0.2, -0.15) is 0 Å². The number of epoxide rings is 1. The third-order valence-electron chi connectivity index (χ3n) is 2.55. The van der Waals surface area contributed by atoms with Crippen molar-refractivity contribution in [1.82, 2.24) is 4.90 Å². The fourth-order valence-electron chi connectivity index (χ4n) is 1.78. The minimum atomic E-state index is 0.312. The normalized spacial score (nSPS) is 37.9. The lowest BCUT2D eigenvalue weighted by Gasteiger charge is -2.21. The molecule has 0 saturated carbocycles. The third kappa shape index (κ3) is 1.72. The van der Waals surface area contributed by atoms with Crippen molar-refractivity contribution < 1.29 is 9.84 Å². The highest BCUT2D eigenvalue weighted by atomic mass is 16.6. The van der Waals surface area contributed by atoms with Crippen molar-refractivity contribution in [3.8, 4) is 0 Å². The molecule has 0 bridgehead atoms. The van der Waals surface area contributed by atoms with Crippen LogP contribution < -0.4 is 0 Å². The minimum absolute atomic E-state index is 0.312. The molecule has 11 heavy (non-hydrogen) atoms. The van der Waals surface area contributed by atoms with Crippen LogP contribution in [0.5, 0.6) is 0 Å². The van der Waals surface area contributed by atoms with Crippen molar-refractivity contribution in [2.24, 2.45) is 0 Å². The lowest BCUT2D eigenvalue weighted by molar-refractivity contribution is 0.150. The maximum Gasteiger partial charge on any atom is 0.0936 e. The standard InChI is InChI=1S/C8H15NO2/c10-5-7-2-1-3-9(7)4-8-6-11-8/h7-8,10H,1-6H2/t7-,8?/m0/s1. The van der Waals surface area contributed by atoms with E-state index in [1.165, 1.54) is 6.42 Å². The van der Waals surface area contributed by atoms with Crippen LogP contribution >= 0.6 is 0 Å². The van der Waals surface area contributed by atoms with E-state index in [2.05, 4.69) is 4.90 Å². The molecule has 3 nitrogen and oxygen atoms in total. The molecule has 2 atom stereocenters. The summed E-state index contributed by atoms with van der Waals surface area (Å²) in [6, 6.07) is 0.416. The predicted octanol–water partition coefficient (Wildman–Crippen LogP) is -0.158. The largest absolute Gasteiger partial charge is 0.395 e. The Balaban J connectivity index is 1.79. The number of aliphatic hydroxyl groups is 1. The Hall–Kier alpha value is -0.120. The van der Waals surface area contributed by atoms with Gasteiger partial charge >= 0.3 is 0 Å². The van der Waals surface area contributed by atoms with Gasteiger partial charge in [0.15, 0.2) is 0 Å². The monoisotopic (exact) mass is 157 g/mol. The highest BCUT2D eigenvalue weighted by molar-refractivity contribution is 4.83. The van der Waals surface area contributed by atoms with Crippen LogP contribution in [0.3, 0.4) is 0 Å². The summed E-state index contributed by atoms with van der Waals surface area (Å²) in [5.74, 6) is 0. The fraction of sp³-hybridized carbons (Fsp3) is 1.00. The molecule has 1 unspecified atom stereocenters. The Kier molecular flexibility index (Phi) is 2.11. The van der Waals surface area contributed by atoms with E-state index in [0.29, 0.717) is 18.8 Å². The van der Waals surface area contributed by atoms with E-state index in [-0.39, 0.29) is 0 Å². The smallest absolute Gasteiger partial charge is 0.0936 e. The van der Waals surface area contributed by atoms with E-state index >= 15 is 0 Å². The lowest BCUT2D eigenvalue weighted by Crippen LogP contribution is -2.35. The van der Waals surface area contributed by atoms with E-state index in [1.807, 2.05) is 0 Å². The number of hydrogen-bond donors (Lipinski definition) is 1. The van der Waals surface area contributed by atoms with Crippen molar-refractivity contribution >= 4 is 0 Å². The van der Waals surface area contributed by atoms with Gasteiger partial charge in [-0.1, -0.05) is 0 Å². The predicted molar refractivity (Wildman–Crippen MR) is 41.4 cm³/mol. The summed E-state index contributed by atoms with van der Waals surface area (Å²) < 4.78 is 5.14. The van der Waals surface area contributed by atoms with Crippen LogP contribution in [-0.4, -0.2) is 48.5 Å². The van der Waals surface area contributed by atoms with Crippen molar-refractivity contribution in [3.05, 3.63) is 0 Å². The van der Waals surface area contributed by atoms with E-state index in [1.54, 1.807) is 0 Å². The van der Waals surface area contributed by atoms with E-state index in [4.69, 9.17) is 9.84 Å². The molecule has 64 valence electrons. The molecule has 0 aromatic rings. The summed E-state index contributed by atoms with van der Waals surface area (Å²) in [5, 5.41) is 8.99. The van der Waals surface area contributed by atoms with Gasteiger partial charge in [0, 0.05) is 12.6 Å². The van der Waals surface area contributed by atoms with Gasteiger partial charge in [0.1, 0.15) is 0 Å². The summed E-state index contributed by atoms with van der Waals surface area (Å²) in [4.78, 5) is 2.34. The lowest BCUT2D eigenvalue weighted by atomic mass is 10.2. The van der Waals surface area contributed by atoms with Crippen LogP contribution in [0.25, 0.3) is 0 Å². The molecule has 2 saturated heterocycles. The molecule has 0 radical (unpaired) electrons. The zero-order valence-electron chi connectivity index (χ0n) is 6.70. The molecule has 2 rings (SSSR count). The van der Waals surface area contributed by atoms with Crippen molar-refractivity contribution in [2.75, 3.05) is 26.3 Å². The first-order valence-electron chi connectivity index (χ1n) is 4.36. The van der Waals surface area contributed by atoms with Gasteiger partial charge in [0.05, 0.1) is 19.3 Å². The van der Waals surface area contributed by atoms with Gasteiger partial charge in [-0.05, 0) is 19.4 Å². The van der Waals surface area contributed by atoms with Gasteiger partial charge in [0.2, 0.25) is 0 Å². The van der Waals surface area contributed by atoms with Crippen molar-refractivity contribution in [2.45, 2.75) is 25.0 Å². The molecule has 0 aromatic heterocycles. The first-order valence-corrected chi connectivity index (χ1v) is 4.36. The summed E-state index contributed by atoms with van der Waals surface area (Å²) in [5.41, 5.74) is 0. The summed E-state index contributed by atoms with van der Waals surface area (Å²) in [6.07, 6.45) is 2.86. The maximum atomic E-state index is 8.99. The van der Waals surface area contributed by atoms with Crippen LogP contribution in [0.1, 0.15) is 12.8 Å². The fourth-order valence-corrected chi connectivity index (χ4v) is 1.78. The van der Waals surface area contributed by atoms with Crippen LogP contribution in [0.15, 0.2) is 0 Å². The van der Waals surface area contributed by atoms with Gasteiger partial charge in [-0.3, -0.25) is 4.90 Å². The molecule has 1 N–H and O–H groups in total. The first-order chi connectivity index (χ1) is 5.40. The quantitative estimate of drug-likeness (QED) is 0.578. The van der Waals surface area contributed by atoms with Gasteiger partial charge in [-0.15, -0.1) is 0 Å². The number of hydrogen-bond acceptors (Lipinski definition) is 3. The Bertz CT molecular complexity index is 136. The molecular weight excluding hydrogens is 142 g/mol. The average Bonchev–Trinajstić information content (AvgIpc) is 2.68. The number of ether oxygens (including phenoxy) is 1. The Morgan fingerprint density at radius 3 is 3.00 bits per heavy atom. The van der Waals surface area contributed by atoms with Gasteiger partial charge in [0.25, 0.3) is 0 Å². The second-order valence-corrected chi connectivity index (χ2v) is 3.43. The van der Waals surface area contributed by atoms with Crippen molar-refractivity contribution in [3.63, 3.8) is 0 Å². The molecule has 3 heteroatoms. The second-order valence-electron chi connectivity index (χ2n) is 3.43. The number of rotatable bonds is 3. The number of likely N-dealkylation sites (tertiary alicyclic amines) is 1. The van der Waals surface area contributed by atoms with Crippen LogP contribution in [0, 0.1) is 0 Å². The summed E-state index contributed by atoms with van der Waals surface area (Å²) in [7, 11) is 0. The number of nitrogens with zero attached hydrogens (tertiary/aromatic N) is 1. The third-order valence-corrected chi connectivity index (χ3v) is 2.55. The molecule has 0 aromatic carbocycles. The van der Waals surface area contributed by atoms with E-state index in [0.717, 1.165) is 26.1 Å². The number of aliphatic hydroxyl groups excluding tert-OH is 1.